The SMILES string of the molecule is O=C1CCO[C@H](COCc2ccccc2)CN1. The Labute approximate surface area is 101 Å². The molecule has 0 saturated carbocycles. The quantitative estimate of drug-likeness (QED) is 0.850. The minimum atomic E-state index is -0.0369. The van der Waals surface area contributed by atoms with Gasteiger partial charge in [0.25, 0.3) is 0 Å². The highest BCUT2D eigenvalue weighted by Gasteiger charge is 2.15. The topological polar surface area (TPSA) is 47.6 Å². The molecule has 1 amide bonds. The van der Waals surface area contributed by atoms with Gasteiger partial charge in [0.05, 0.1) is 25.9 Å². The standard InChI is InChI=1S/C13H17NO3/c15-13-6-7-17-12(8-14-13)10-16-9-11-4-2-1-3-5-11/h1-5,12H,6-10H2,(H,14,15)/t12-/m0/s1. The molecule has 1 heterocycles. The summed E-state index contributed by atoms with van der Waals surface area (Å²) in [5.74, 6) is 0.0514. The van der Waals surface area contributed by atoms with E-state index >= 15 is 0 Å². The van der Waals surface area contributed by atoms with E-state index < -0.39 is 0 Å². The number of hydrogen-bond donors (Lipinski definition) is 1. The summed E-state index contributed by atoms with van der Waals surface area (Å²) in [5.41, 5.74) is 1.14. The Hall–Kier alpha value is -1.39. The van der Waals surface area contributed by atoms with Gasteiger partial charge in [0, 0.05) is 13.0 Å². The molecule has 1 aliphatic rings. The summed E-state index contributed by atoms with van der Waals surface area (Å²) in [6, 6.07) is 10.0. The van der Waals surface area contributed by atoms with Crippen molar-refractivity contribution in [1.29, 1.82) is 0 Å². The summed E-state index contributed by atoms with van der Waals surface area (Å²) in [6.07, 6.45) is 0.403. The van der Waals surface area contributed by atoms with Crippen LogP contribution in [0.15, 0.2) is 30.3 Å². The summed E-state index contributed by atoms with van der Waals surface area (Å²) in [7, 11) is 0. The Morgan fingerprint density at radius 3 is 3.00 bits per heavy atom. The highest BCUT2D eigenvalue weighted by atomic mass is 16.5. The van der Waals surface area contributed by atoms with Crippen molar-refractivity contribution in [2.45, 2.75) is 19.1 Å². The molecule has 1 fully saturated rings. The largest absolute Gasteiger partial charge is 0.374 e. The smallest absolute Gasteiger partial charge is 0.222 e. The summed E-state index contributed by atoms with van der Waals surface area (Å²) in [5, 5.41) is 2.80. The summed E-state index contributed by atoms with van der Waals surface area (Å²) in [6.45, 7) is 2.10. The molecule has 1 N–H and O–H groups in total. The van der Waals surface area contributed by atoms with Crippen LogP contribution in [-0.2, 0) is 20.9 Å². The van der Waals surface area contributed by atoms with E-state index in [0.717, 1.165) is 5.56 Å². The normalized spacial score (nSPS) is 20.7. The minimum absolute atomic E-state index is 0.0369. The van der Waals surface area contributed by atoms with E-state index in [4.69, 9.17) is 9.47 Å². The van der Waals surface area contributed by atoms with Crippen LogP contribution in [0.4, 0.5) is 0 Å². The van der Waals surface area contributed by atoms with Gasteiger partial charge in [-0.05, 0) is 5.56 Å². The van der Waals surface area contributed by atoms with Crippen LogP contribution in [0.3, 0.4) is 0 Å². The van der Waals surface area contributed by atoms with Crippen LogP contribution in [0.5, 0.6) is 0 Å². The number of rotatable bonds is 4. The number of carbonyl (C=O) groups is 1. The number of ether oxygens (including phenoxy) is 2. The molecule has 0 spiro atoms. The van der Waals surface area contributed by atoms with Crippen LogP contribution < -0.4 is 5.32 Å². The van der Waals surface area contributed by atoms with Crippen LogP contribution in [-0.4, -0.2) is 31.8 Å². The molecule has 92 valence electrons. The average molecular weight is 235 g/mol. The van der Waals surface area contributed by atoms with Crippen LogP contribution in [0.25, 0.3) is 0 Å². The molecular formula is C13H17NO3. The Morgan fingerprint density at radius 1 is 1.35 bits per heavy atom. The lowest BCUT2D eigenvalue weighted by Crippen LogP contribution is -2.32. The molecular weight excluding hydrogens is 218 g/mol. The molecule has 4 nitrogen and oxygen atoms in total. The Balaban J connectivity index is 1.69. The second-order valence-electron chi connectivity index (χ2n) is 4.05. The lowest BCUT2D eigenvalue weighted by molar-refractivity contribution is -0.120. The third kappa shape index (κ3) is 4.17. The molecule has 17 heavy (non-hydrogen) atoms. The Morgan fingerprint density at radius 2 is 2.18 bits per heavy atom. The molecule has 0 unspecified atom stereocenters. The number of amides is 1. The second kappa shape index (κ2) is 6.37. The number of hydrogen-bond acceptors (Lipinski definition) is 3. The van der Waals surface area contributed by atoms with Crippen LogP contribution in [0.2, 0.25) is 0 Å². The van der Waals surface area contributed by atoms with Crippen molar-refractivity contribution >= 4 is 5.91 Å². The summed E-state index contributed by atoms with van der Waals surface area (Å²) < 4.78 is 11.1. The lowest BCUT2D eigenvalue weighted by atomic mass is 10.2. The van der Waals surface area contributed by atoms with E-state index in [1.54, 1.807) is 0 Å². The number of benzene rings is 1. The fraction of sp³-hybridized carbons (Fsp3) is 0.462. The van der Waals surface area contributed by atoms with Crippen molar-refractivity contribution in [1.82, 2.24) is 5.32 Å². The van der Waals surface area contributed by atoms with Crippen LogP contribution in [0.1, 0.15) is 12.0 Å². The Kier molecular flexibility index (Phi) is 4.53. The number of nitrogens with one attached hydrogen (secondary N) is 1. The third-order valence-electron chi connectivity index (χ3n) is 2.62. The molecule has 0 radical (unpaired) electrons. The third-order valence-corrected chi connectivity index (χ3v) is 2.62. The van der Waals surface area contributed by atoms with Gasteiger partial charge in [-0.15, -0.1) is 0 Å². The second-order valence-corrected chi connectivity index (χ2v) is 4.05. The van der Waals surface area contributed by atoms with E-state index in [-0.39, 0.29) is 12.0 Å². The molecule has 1 aliphatic heterocycles. The molecule has 2 rings (SSSR count). The maximum atomic E-state index is 11.1. The summed E-state index contributed by atoms with van der Waals surface area (Å²) in [4.78, 5) is 11.1. The van der Waals surface area contributed by atoms with E-state index in [1.165, 1.54) is 0 Å². The van der Waals surface area contributed by atoms with Crippen molar-refractivity contribution < 1.29 is 14.3 Å². The molecule has 1 atom stereocenters. The predicted molar refractivity (Wildman–Crippen MR) is 63.5 cm³/mol. The number of carbonyl (C=O) groups excluding carboxylic acids is 1. The first-order valence-electron chi connectivity index (χ1n) is 5.84. The van der Waals surface area contributed by atoms with Crippen molar-refractivity contribution in [3.8, 4) is 0 Å². The van der Waals surface area contributed by atoms with Gasteiger partial charge in [0.1, 0.15) is 0 Å². The fourth-order valence-electron chi connectivity index (χ4n) is 1.68. The van der Waals surface area contributed by atoms with Crippen molar-refractivity contribution in [3.05, 3.63) is 35.9 Å². The van der Waals surface area contributed by atoms with E-state index in [2.05, 4.69) is 5.32 Å². The first kappa shape index (κ1) is 12.1. The van der Waals surface area contributed by atoms with E-state index in [0.29, 0.717) is 32.8 Å². The molecule has 0 aliphatic carbocycles. The lowest BCUT2D eigenvalue weighted by Gasteiger charge is -2.14. The molecule has 0 bridgehead atoms. The highest BCUT2D eigenvalue weighted by Crippen LogP contribution is 2.03. The van der Waals surface area contributed by atoms with Crippen molar-refractivity contribution in [2.75, 3.05) is 19.8 Å². The predicted octanol–water partition coefficient (Wildman–Crippen LogP) is 1.11. The van der Waals surface area contributed by atoms with E-state index in [9.17, 15) is 4.79 Å². The van der Waals surface area contributed by atoms with Gasteiger partial charge < -0.3 is 14.8 Å². The van der Waals surface area contributed by atoms with E-state index in [1.807, 2.05) is 30.3 Å². The molecule has 4 heteroatoms. The van der Waals surface area contributed by atoms with Crippen LogP contribution >= 0.6 is 0 Å². The maximum Gasteiger partial charge on any atom is 0.222 e. The van der Waals surface area contributed by atoms with Crippen LogP contribution in [0, 0.1) is 0 Å². The van der Waals surface area contributed by atoms with Gasteiger partial charge in [-0.25, -0.2) is 0 Å². The Bertz CT molecular complexity index is 353. The summed E-state index contributed by atoms with van der Waals surface area (Å²) >= 11 is 0. The zero-order valence-electron chi connectivity index (χ0n) is 9.72. The maximum absolute atomic E-state index is 11.1. The fourth-order valence-corrected chi connectivity index (χ4v) is 1.68. The molecule has 1 aromatic rings. The van der Waals surface area contributed by atoms with Crippen molar-refractivity contribution in [2.24, 2.45) is 0 Å². The average Bonchev–Trinajstić information content (AvgIpc) is 2.56. The molecule has 1 saturated heterocycles. The van der Waals surface area contributed by atoms with Gasteiger partial charge in [-0.1, -0.05) is 30.3 Å². The van der Waals surface area contributed by atoms with Gasteiger partial charge in [-0.2, -0.15) is 0 Å². The zero-order valence-corrected chi connectivity index (χ0v) is 9.72. The minimum Gasteiger partial charge on any atom is -0.374 e. The molecule has 0 aromatic heterocycles. The van der Waals surface area contributed by atoms with Gasteiger partial charge in [-0.3, -0.25) is 4.79 Å². The molecule has 1 aromatic carbocycles. The first-order chi connectivity index (χ1) is 8.34. The first-order valence-corrected chi connectivity index (χ1v) is 5.84. The highest BCUT2D eigenvalue weighted by molar-refractivity contribution is 5.76. The van der Waals surface area contributed by atoms with Gasteiger partial charge in [0.2, 0.25) is 5.91 Å². The zero-order chi connectivity index (χ0) is 11.9. The van der Waals surface area contributed by atoms with Crippen molar-refractivity contribution in [3.63, 3.8) is 0 Å². The van der Waals surface area contributed by atoms with Gasteiger partial charge in [0.15, 0.2) is 0 Å². The monoisotopic (exact) mass is 235 g/mol. The van der Waals surface area contributed by atoms with Gasteiger partial charge >= 0.3 is 0 Å².